The Kier molecular flexibility index (Phi) is 3.57. The number of carbonyl (C=O) groups is 1. The van der Waals surface area contributed by atoms with Crippen LogP contribution in [0, 0.1) is 0 Å². The van der Waals surface area contributed by atoms with Crippen LogP contribution < -0.4 is 15.8 Å². The Labute approximate surface area is 120 Å². The van der Waals surface area contributed by atoms with Gasteiger partial charge in [-0.3, -0.25) is 14.2 Å². The monoisotopic (exact) mass is 288 g/mol. The van der Waals surface area contributed by atoms with E-state index in [0.717, 1.165) is 13.1 Å². The van der Waals surface area contributed by atoms with Gasteiger partial charge in [0.1, 0.15) is 6.54 Å². The third-order valence-corrected chi connectivity index (χ3v) is 3.53. The number of fused-ring (bicyclic) bond motifs is 1. The van der Waals surface area contributed by atoms with Gasteiger partial charge in [-0.15, -0.1) is 0 Å². The van der Waals surface area contributed by atoms with Crippen molar-refractivity contribution in [2.45, 2.75) is 6.54 Å². The van der Waals surface area contributed by atoms with E-state index in [1.165, 1.54) is 4.57 Å². The maximum Gasteiger partial charge on any atom is 0.323 e. The highest BCUT2D eigenvalue weighted by atomic mass is 16.4. The lowest BCUT2D eigenvalue weighted by molar-refractivity contribution is -0.137. The second-order valence-electron chi connectivity index (χ2n) is 4.95. The molecular formula is C14H16N4O3. The van der Waals surface area contributed by atoms with Gasteiger partial charge in [0.05, 0.1) is 10.9 Å². The largest absolute Gasteiger partial charge is 0.480 e. The summed E-state index contributed by atoms with van der Waals surface area (Å²) in [4.78, 5) is 30.1. The van der Waals surface area contributed by atoms with Gasteiger partial charge in [-0.05, 0) is 12.1 Å². The molecule has 1 fully saturated rings. The summed E-state index contributed by atoms with van der Waals surface area (Å²) >= 11 is 0. The number of aliphatic carboxylic acids is 1. The SMILES string of the molecule is O=C(O)Cn1c(N2CCNCC2)nc2ccccc2c1=O. The first-order chi connectivity index (χ1) is 10.2. The van der Waals surface area contributed by atoms with E-state index < -0.39 is 5.97 Å². The topological polar surface area (TPSA) is 87.5 Å². The predicted octanol–water partition coefficient (Wildman–Crippen LogP) is -0.109. The molecule has 0 aliphatic carbocycles. The Morgan fingerprint density at radius 2 is 2.00 bits per heavy atom. The molecular weight excluding hydrogens is 272 g/mol. The van der Waals surface area contributed by atoms with E-state index >= 15 is 0 Å². The molecule has 2 aromatic rings. The molecule has 0 unspecified atom stereocenters. The van der Waals surface area contributed by atoms with Gasteiger partial charge in [0.25, 0.3) is 5.56 Å². The van der Waals surface area contributed by atoms with Crippen LogP contribution in [0.4, 0.5) is 5.95 Å². The standard InChI is InChI=1S/C14H16N4O3/c19-12(20)9-18-13(21)10-3-1-2-4-11(10)16-14(18)17-7-5-15-6-8-17/h1-4,15H,5-9H2,(H,19,20). The van der Waals surface area contributed by atoms with Crippen LogP contribution in [-0.2, 0) is 11.3 Å². The number of aromatic nitrogens is 2. The van der Waals surface area contributed by atoms with Crippen LogP contribution in [0.15, 0.2) is 29.1 Å². The highest BCUT2D eigenvalue weighted by Gasteiger charge is 2.19. The molecule has 1 aliphatic rings. The quantitative estimate of drug-likeness (QED) is 0.819. The van der Waals surface area contributed by atoms with Gasteiger partial charge in [-0.25, -0.2) is 4.98 Å². The van der Waals surface area contributed by atoms with Gasteiger partial charge in [0.2, 0.25) is 5.95 Å². The number of rotatable bonds is 3. The molecule has 1 aromatic heterocycles. The lowest BCUT2D eigenvalue weighted by atomic mass is 10.2. The zero-order chi connectivity index (χ0) is 14.8. The zero-order valence-corrected chi connectivity index (χ0v) is 11.5. The van der Waals surface area contributed by atoms with Crippen molar-refractivity contribution in [1.29, 1.82) is 0 Å². The molecule has 1 saturated heterocycles. The number of nitrogens with one attached hydrogen (secondary N) is 1. The summed E-state index contributed by atoms with van der Waals surface area (Å²) < 4.78 is 1.25. The van der Waals surface area contributed by atoms with E-state index in [-0.39, 0.29) is 12.1 Å². The zero-order valence-electron chi connectivity index (χ0n) is 11.5. The van der Waals surface area contributed by atoms with Crippen molar-refractivity contribution in [2.24, 2.45) is 0 Å². The maximum absolute atomic E-state index is 12.5. The van der Waals surface area contributed by atoms with Crippen LogP contribution in [0.2, 0.25) is 0 Å². The summed E-state index contributed by atoms with van der Waals surface area (Å²) in [6, 6.07) is 7.01. The van der Waals surface area contributed by atoms with E-state index in [4.69, 9.17) is 5.11 Å². The minimum Gasteiger partial charge on any atom is -0.480 e. The second kappa shape index (κ2) is 5.53. The lowest BCUT2D eigenvalue weighted by Gasteiger charge is -2.30. The van der Waals surface area contributed by atoms with Gasteiger partial charge in [-0.1, -0.05) is 12.1 Å². The maximum atomic E-state index is 12.5. The molecule has 0 saturated carbocycles. The predicted molar refractivity (Wildman–Crippen MR) is 78.7 cm³/mol. The van der Waals surface area contributed by atoms with Crippen molar-refractivity contribution in [2.75, 3.05) is 31.1 Å². The van der Waals surface area contributed by atoms with E-state index in [9.17, 15) is 9.59 Å². The third kappa shape index (κ3) is 2.59. The minimum absolute atomic E-state index is 0.309. The summed E-state index contributed by atoms with van der Waals surface area (Å²) in [7, 11) is 0. The van der Waals surface area contributed by atoms with Crippen molar-refractivity contribution < 1.29 is 9.90 Å². The number of piperazine rings is 1. The Morgan fingerprint density at radius 1 is 1.29 bits per heavy atom. The Bertz CT molecular complexity index is 735. The van der Waals surface area contributed by atoms with E-state index in [2.05, 4.69) is 10.3 Å². The molecule has 1 aliphatic heterocycles. The van der Waals surface area contributed by atoms with E-state index in [1.54, 1.807) is 18.2 Å². The number of hydrogen-bond acceptors (Lipinski definition) is 5. The van der Waals surface area contributed by atoms with Crippen molar-refractivity contribution in [3.05, 3.63) is 34.6 Å². The summed E-state index contributed by atoms with van der Waals surface area (Å²) in [5.41, 5.74) is 0.286. The van der Waals surface area contributed by atoms with Gasteiger partial charge in [-0.2, -0.15) is 0 Å². The number of benzene rings is 1. The van der Waals surface area contributed by atoms with Crippen LogP contribution in [0.3, 0.4) is 0 Å². The molecule has 110 valence electrons. The molecule has 2 N–H and O–H groups in total. The molecule has 2 heterocycles. The van der Waals surface area contributed by atoms with Crippen molar-refractivity contribution >= 4 is 22.8 Å². The van der Waals surface area contributed by atoms with Gasteiger partial charge in [0.15, 0.2) is 0 Å². The number of nitrogens with zero attached hydrogens (tertiary/aromatic N) is 3. The number of anilines is 1. The van der Waals surface area contributed by atoms with Crippen LogP contribution >= 0.6 is 0 Å². The highest BCUT2D eigenvalue weighted by Crippen LogP contribution is 2.15. The van der Waals surface area contributed by atoms with Gasteiger partial charge < -0.3 is 15.3 Å². The average Bonchev–Trinajstić information content (AvgIpc) is 2.50. The van der Waals surface area contributed by atoms with Crippen molar-refractivity contribution in [1.82, 2.24) is 14.9 Å². The van der Waals surface area contributed by atoms with Crippen molar-refractivity contribution in [3.63, 3.8) is 0 Å². The molecule has 0 atom stereocenters. The molecule has 0 spiro atoms. The average molecular weight is 288 g/mol. The minimum atomic E-state index is -1.05. The van der Waals surface area contributed by atoms with Crippen molar-refractivity contribution in [3.8, 4) is 0 Å². The van der Waals surface area contributed by atoms with Crippen LogP contribution in [0.25, 0.3) is 10.9 Å². The molecule has 1 aromatic carbocycles. The fourth-order valence-corrected chi connectivity index (χ4v) is 2.54. The third-order valence-electron chi connectivity index (χ3n) is 3.53. The fourth-order valence-electron chi connectivity index (χ4n) is 2.54. The summed E-state index contributed by atoms with van der Waals surface area (Å²) in [5, 5.41) is 12.7. The normalized spacial score (nSPS) is 15.3. The summed E-state index contributed by atoms with van der Waals surface area (Å²) in [6.45, 7) is 2.59. The first-order valence-corrected chi connectivity index (χ1v) is 6.84. The number of carboxylic acids is 1. The fraction of sp³-hybridized carbons (Fsp3) is 0.357. The van der Waals surface area contributed by atoms with Gasteiger partial charge >= 0.3 is 5.97 Å². The molecule has 3 rings (SSSR count). The first-order valence-electron chi connectivity index (χ1n) is 6.84. The van der Waals surface area contributed by atoms with Crippen LogP contribution in [0.5, 0.6) is 0 Å². The van der Waals surface area contributed by atoms with E-state index in [0.29, 0.717) is 29.9 Å². The molecule has 0 radical (unpaired) electrons. The number of carboxylic acid groups (broad SMARTS) is 1. The Morgan fingerprint density at radius 3 is 2.71 bits per heavy atom. The molecule has 0 amide bonds. The molecule has 21 heavy (non-hydrogen) atoms. The second-order valence-corrected chi connectivity index (χ2v) is 4.95. The number of hydrogen-bond donors (Lipinski definition) is 2. The Hall–Kier alpha value is -2.41. The van der Waals surface area contributed by atoms with Gasteiger partial charge in [0, 0.05) is 26.2 Å². The molecule has 0 bridgehead atoms. The summed E-state index contributed by atoms with van der Waals surface area (Å²) in [6.07, 6.45) is 0. The highest BCUT2D eigenvalue weighted by molar-refractivity contribution is 5.79. The Balaban J connectivity index is 2.19. The van der Waals surface area contributed by atoms with Crippen LogP contribution in [0.1, 0.15) is 0 Å². The van der Waals surface area contributed by atoms with E-state index in [1.807, 2.05) is 11.0 Å². The number of para-hydroxylation sites is 1. The molecule has 7 nitrogen and oxygen atoms in total. The van der Waals surface area contributed by atoms with Crippen LogP contribution in [-0.4, -0.2) is 46.8 Å². The molecule has 7 heteroatoms. The smallest absolute Gasteiger partial charge is 0.323 e. The first kappa shape index (κ1) is 13.6. The lowest BCUT2D eigenvalue weighted by Crippen LogP contribution is -2.46. The summed E-state index contributed by atoms with van der Waals surface area (Å²) in [5.74, 6) is -0.617.